The summed E-state index contributed by atoms with van der Waals surface area (Å²) in [6.45, 7) is 7.24. The van der Waals surface area contributed by atoms with Gasteiger partial charge in [-0.3, -0.25) is 4.98 Å². The van der Waals surface area contributed by atoms with E-state index in [0.29, 0.717) is 0 Å². The predicted molar refractivity (Wildman–Crippen MR) is 79.2 cm³/mol. The molecule has 19 heavy (non-hydrogen) atoms. The van der Waals surface area contributed by atoms with Crippen LogP contribution in [-0.2, 0) is 4.74 Å². The second-order valence-electron chi connectivity index (χ2n) is 5.24. The first-order chi connectivity index (χ1) is 9.10. The van der Waals surface area contributed by atoms with Crippen LogP contribution < -0.4 is 5.32 Å². The van der Waals surface area contributed by atoms with Crippen LogP contribution in [0.5, 0.6) is 0 Å². The quantitative estimate of drug-likeness (QED) is 0.893. The van der Waals surface area contributed by atoms with E-state index in [0.717, 1.165) is 11.9 Å². The third kappa shape index (κ3) is 2.77. The largest absolute Gasteiger partial charge is 0.377 e. The van der Waals surface area contributed by atoms with Crippen molar-refractivity contribution >= 4 is 10.8 Å². The molecule has 0 spiro atoms. The van der Waals surface area contributed by atoms with Gasteiger partial charge >= 0.3 is 0 Å². The fraction of sp³-hybridized carbons (Fsp3) is 0.438. The van der Waals surface area contributed by atoms with Gasteiger partial charge in [0.1, 0.15) is 0 Å². The van der Waals surface area contributed by atoms with Gasteiger partial charge in [0.25, 0.3) is 0 Å². The summed E-state index contributed by atoms with van der Waals surface area (Å²) in [5, 5.41) is 5.93. The Kier molecular flexibility index (Phi) is 4.17. The average Bonchev–Trinajstić information content (AvgIpc) is 2.44. The summed E-state index contributed by atoms with van der Waals surface area (Å²) in [4.78, 5) is 4.19. The minimum atomic E-state index is -0.270. The normalized spacial score (nSPS) is 13.7. The summed E-state index contributed by atoms with van der Waals surface area (Å²) in [5.74, 6) is 0. The molecule has 3 nitrogen and oxygen atoms in total. The fourth-order valence-corrected chi connectivity index (χ4v) is 2.45. The second-order valence-corrected chi connectivity index (χ2v) is 5.24. The molecular weight excluding hydrogens is 236 g/mol. The molecule has 102 valence electrons. The maximum atomic E-state index is 5.68. The molecule has 0 fully saturated rings. The van der Waals surface area contributed by atoms with Crippen molar-refractivity contribution in [2.24, 2.45) is 0 Å². The van der Waals surface area contributed by atoms with Crippen LogP contribution in [-0.4, -0.2) is 24.2 Å². The van der Waals surface area contributed by atoms with Crippen molar-refractivity contribution in [3.05, 3.63) is 42.2 Å². The minimum absolute atomic E-state index is 0.147. The molecule has 1 unspecified atom stereocenters. The van der Waals surface area contributed by atoms with Crippen LogP contribution >= 0.6 is 0 Å². The van der Waals surface area contributed by atoms with Gasteiger partial charge in [-0.25, -0.2) is 0 Å². The number of ether oxygens (including phenoxy) is 1. The molecule has 0 aliphatic carbocycles. The summed E-state index contributed by atoms with van der Waals surface area (Å²) in [7, 11) is 1.76. The molecule has 1 heterocycles. The van der Waals surface area contributed by atoms with Gasteiger partial charge in [0.2, 0.25) is 0 Å². The number of rotatable bonds is 5. The number of pyridine rings is 1. The van der Waals surface area contributed by atoms with Gasteiger partial charge in [-0.2, -0.15) is 0 Å². The van der Waals surface area contributed by atoms with E-state index in [4.69, 9.17) is 4.74 Å². The Morgan fingerprint density at radius 1 is 1.32 bits per heavy atom. The first-order valence-electron chi connectivity index (χ1n) is 6.71. The van der Waals surface area contributed by atoms with E-state index in [-0.39, 0.29) is 11.6 Å². The summed E-state index contributed by atoms with van der Waals surface area (Å²) in [6.07, 6.45) is 3.75. The molecule has 0 saturated heterocycles. The van der Waals surface area contributed by atoms with E-state index in [1.54, 1.807) is 7.11 Å². The van der Waals surface area contributed by atoms with Crippen LogP contribution in [0.3, 0.4) is 0 Å². The van der Waals surface area contributed by atoms with E-state index < -0.39 is 0 Å². The lowest BCUT2D eigenvalue weighted by atomic mass is 9.88. The number of aromatic nitrogens is 1. The van der Waals surface area contributed by atoms with Crippen LogP contribution in [0.2, 0.25) is 0 Å². The molecular formula is C16H22N2O. The number of nitrogens with zero attached hydrogens (tertiary/aromatic N) is 1. The topological polar surface area (TPSA) is 34.2 Å². The van der Waals surface area contributed by atoms with Gasteiger partial charge in [0, 0.05) is 24.9 Å². The van der Waals surface area contributed by atoms with Crippen molar-refractivity contribution in [1.29, 1.82) is 0 Å². The number of fused-ring (bicyclic) bond motifs is 1. The van der Waals surface area contributed by atoms with Gasteiger partial charge in [-0.05, 0) is 37.4 Å². The summed E-state index contributed by atoms with van der Waals surface area (Å²) in [5.41, 5.74) is 0.988. The fourth-order valence-electron chi connectivity index (χ4n) is 2.45. The maximum absolute atomic E-state index is 5.68. The third-order valence-electron chi connectivity index (χ3n) is 3.66. The summed E-state index contributed by atoms with van der Waals surface area (Å²) < 4.78 is 5.68. The first-order valence-corrected chi connectivity index (χ1v) is 6.71. The Labute approximate surface area is 115 Å². The van der Waals surface area contributed by atoms with Gasteiger partial charge < -0.3 is 10.1 Å². The Balaban J connectivity index is 2.56. The molecule has 1 aromatic heterocycles. The predicted octanol–water partition coefficient (Wildman–Crippen LogP) is 3.31. The van der Waals surface area contributed by atoms with Crippen molar-refractivity contribution in [3.8, 4) is 0 Å². The van der Waals surface area contributed by atoms with E-state index in [1.807, 2.05) is 12.4 Å². The van der Waals surface area contributed by atoms with Gasteiger partial charge in [-0.15, -0.1) is 0 Å². The zero-order valence-corrected chi connectivity index (χ0v) is 12.1. The number of hydrogen-bond donors (Lipinski definition) is 1. The van der Waals surface area contributed by atoms with Crippen LogP contribution in [0.25, 0.3) is 10.8 Å². The molecule has 1 aromatic carbocycles. The van der Waals surface area contributed by atoms with Crippen molar-refractivity contribution in [1.82, 2.24) is 10.3 Å². The van der Waals surface area contributed by atoms with Crippen LogP contribution in [0.4, 0.5) is 0 Å². The Bertz CT molecular complexity index is 546. The van der Waals surface area contributed by atoms with E-state index in [1.165, 1.54) is 10.9 Å². The maximum Gasteiger partial charge on any atom is 0.0816 e. The first kappa shape index (κ1) is 14.0. The highest BCUT2D eigenvalue weighted by molar-refractivity contribution is 5.85. The number of hydrogen-bond acceptors (Lipinski definition) is 3. The Hall–Kier alpha value is -1.45. The molecule has 0 bridgehead atoms. The van der Waals surface area contributed by atoms with Crippen molar-refractivity contribution in [2.75, 3.05) is 13.7 Å². The van der Waals surface area contributed by atoms with Gasteiger partial charge in [0.15, 0.2) is 0 Å². The van der Waals surface area contributed by atoms with E-state index in [9.17, 15) is 0 Å². The highest BCUT2D eigenvalue weighted by Crippen LogP contribution is 2.32. The standard InChI is InChI=1S/C16H22N2O/c1-5-18-15(16(2,3)19-4)14-8-6-7-12-11-17-10-9-13(12)14/h6-11,15,18H,5H2,1-4H3. The molecule has 2 rings (SSSR count). The van der Waals surface area contributed by atoms with Crippen molar-refractivity contribution in [3.63, 3.8) is 0 Å². The van der Waals surface area contributed by atoms with E-state index >= 15 is 0 Å². The number of likely N-dealkylation sites (N-methyl/N-ethyl adjacent to an activating group) is 1. The van der Waals surface area contributed by atoms with Crippen LogP contribution in [0.1, 0.15) is 32.4 Å². The minimum Gasteiger partial charge on any atom is -0.377 e. The van der Waals surface area contributed by atoms with Crippen molar-refractivity contribution in [2.45, 2.75) is 32.4 Å². The third-order valence-corrected chi connectivity index (χ3v) is 3.66. The molecule has 0 aliphatic heterocycles. The van der Waals surface area contributed by atoms with Gasteiger partial charge in [0.05, 0.1) is 11.6 Å². The highest BCUT2D eigenvalue weighted by atomic mass is 16.5. The lowest BCUT2D eigenvalue weighted by Gasteiger charge is -2.34. The lowest BCUT2D eigenvalue weighted by Crippen LogP contribution is -2.40. The van der Waals surface area contributed by atoms with Gasteiger partial charge in [-0.1, -0.05) is 25.1 Å². The van der Waals surface area contributed by atoms with E-state index in [2.05, 4.69) is 55.3 Å². The number of nitrogens with one attached hydrogen (secondary N) is 1. The molecule has 1 N–H and O–H groups in total. The molecule has 0 radical (unpaired) electrons. The highest BCUT2D eigenvalue weighted by Gasteiger charge is 2.30. The number of benzene rings is 1. The molecule has 2 aromatic rings. The number of methoxy groups -OCH3 is 1. The Morgan fingerprint density at radius 3 is 2.79 bits per heavy atom. The summed E-state index contributed by atoms with van der Waals surface area (Å²) >= 11 is 0. The Morgan fingerprint density at radius 2 is 2.11 bits per heavy atom. The average molecular weight is 258 g/mol. The summed E-state index contributed by atoms with van der Waals surface area (Å²) in [6, 6.07) is 8.55. The lowest BCUT2D eigenvalue weighted by molar-refractivity contribution is -0.0103. The second kappa shape index (κ2) is 5.68. The molecule has 0 amide bonds. The molecule has 0 saturated carbocycles. The smallest absolute Gasteiger partial charge is 0.0816 e. The zero-order valence-electron chi connectivity index (χ0n) is 12.1. The van der Waals surface area contributed by atoms with Crippen LogP contribution in [0, 0.1) is 0 Å². The molecule has 3 heteroatoms. The SMILES string of the molecule is CCNC(c1cccc2cnccc12)C(C)(C)OC. The monoisotopic (exact) mass is 258 g/mol. The molecule has 0 aliphatic rings. The zero-order chi connectivity index (χ0) is 13.9. The molecule has 1 atom stereocenters. The van der Waals surface area contributed by atoms with Crippen LogP contribution in [0.15, 0.2) is 36.7 Å². The van der Waals surface area contributed by atoms with Crippen molar-refractivity contribution < 1.29 is 4.74 Å².